The summed E-state index contributed by atoms with van der Waals surface area (Å²) in [6, 6.07) is 1.84. The topological polar surface area (TPSA) is 117 Å². The van der Waals surface area contributed by atoms with Crippen LogP contribution >= 0.6 is 0 Å². The highest BCUT2D eigenvalue weighted by Crippen LogP contribution is 2.34. The molecule has 0 spiro atoms. The molecule has 2 N–H and O–H groups in total. The summed E-state index contributed by atoms with van der Waals surface area (Å²) in [6.07, 6.45) is 1.50. The van der Waals surface area contributed by atoms with Gasteiger partial charge in [-0.05, 0) is 6.92 Å². The lowest BCUT2D eigenvalue weighted by Crippen LogP contribution is -2.60. The van der Waals surface area contributed by atoms with E-state index in [0.717, 1.165) is 5.69 Å². The quantitative estimate of drug-likeness (QED) is 0.780. The van der Waals surface area contributed by atoms with Crippen molar-refractivity contribution in [2.45, 2.75) is 38.7 Å². The Hall–Kier alpha value is -2.55. The molecule has 1 fully saturated rings. The number of esters is 1. The van der Waals surface area contributed by atoms with Gasteiger partial charge in [0.05, 0.1) is 31.6 Å². The van der Waals surface area contributed by atoms with Crippen molar-refractivity contribution < 1.29 is 14.6 Å². The van der Waals surface area contributed by atoms with Gasteiger partial charge in [-0.15, -0.1) is 0 Å². The van der Waals surface area contributed by atoms with E-state index >= 15 is 0 Å². The average Bonchev–Trinajstić information content (AvgIpc) is 3.05. The molecule has 134 valence electrons. The van der Waals surface area contributed by atoms with Crippen LogP contribution in [0.3, 0.4) is 0 Å². The van der Waals surface area contributed by atoms with Crippen LogP contribution in [0, 0.1) is 0 Å². The summed E-state index contributed by atoms with van der Waals surface area (Å²) in [7, 11) is 0. The van der Waals surface area contributed by atoms with Crippen LogP contribution in [0.1, 0.15) is 49.7 Å². The second-order valence-electron chi connectivity index (χ2n) is 7.15. The van der Waals surface area contributed by atoms with Crippen LogP contribution in [0.2, 0.25) is 0 Å². The SMILES string of the molecule is CCOC(=O)c1nc(N2CC(O)(c3cn[nH]n3)C2)cc(C(C)(C)C)n1. The van der Waals surface area contributed by atoms with Crippen molar-refractivity contribution in [1.82, 2.24) is 25.4 Å². The Morgan fingerprint density at radius 2 is 2.12 bits per heavy atom. The summed E-state index contributed by atoms with van der Waals surface area (Å²) in [6.45, 7) is 8.64. The minimum atomic E-state index is -1.08. The predicted molar refractivity (Wildman–Crippen MR) is 89.2 cm³/mol. The third-order valence-corrected chi connectivity index (χ3v) is 4.06. The summed E-state index contributed by atoms with van der Waals surface area (Å²) >= 11 is 0. The number of nitrogens with zero attached hydrogens (tertiary/aromatic N) is 5. The molecular weight excluding hydrogens is 324 g/mol. The minimum Gasteiger partial charge on any atom is -0.460 e. The smallest absolute Gasteiger partial charge is 0.376 e. The highest BCUT2D eigenvalue weighted by molar-refractivity contribution is 5.85. The normalized spacial score (nSPS) is 16.4. The number of ether oxygens (including phenoxy) is 1. The standard InChI is InChI=1S/C16H22N6O3/c1-5-25-14(23)13-18-10(15(2,3)4)6-12(19-13)22-8-16(24,9-22)11-7-17-21-20-11/h6-7,24H,5,8-9H2,1-4H3,(H,17,20,21). The number of nitrogens with one attached hydrogen (secondary N) is 1. The van der Waals surface area contributed by atoms with Crippen molar-refractivity contribution in [3.05, 3.63) is 29.5 Å². The Morgan fingerprint density at radius 1 is 1.40 bits per heavy atom. The van der Waals surface area contributed by atoms with Gasteiger partial charge >= 0.3 is 5.97 Å². The van der Waals surface area contributed by atoms with Gasteiger partial charge in [0.2, 0.25) is 5.82 Å². The van der Waals surface area contributed by atoms with E-state index in [9.17, 15) is 9.90 Å². The molecule has 2 aromatic rings. The second kappa shape index (κ2) is 6.07. The van der Waals surface area contributed by atoms with Crippen LogP contribution < -0.4 is 4.90 Å². The van der Waals surface area contributed by atoms with E-state index in [-0.39, 0.29) is 17.8 Å². The van der Waals surface area contributed by atoms with Crippen LogP contribution in [-0.2, 0) is 15.8 Å². The van der Waals surface area contributed by atoms with E-state index in [1.165, 1.54) is 6.20 Å². The first-order valence-electron chi connectivity index (χ1n) is 8.13. The van der Waals surface area contributed by atoms with E-state index < -0.39 is 11.6 Å². The number of anilines is 1. The Balaban J connectivity index is 1.89. The lowest BCUT2D eigenvalue weighted by molar-refractivity contribution is 0.00280. The Kier molecular flexibility index (Phi) is 4.19. The van der Waals surface area contributed by atoms with Crippen LogP contribution in [0.25, 0.3) is 0 Å². The second-order valence-corrected chi connectivity index (χ2v) is 7.15. The molecule has 0 atom stereocenters. The number of aromatic nitrogens is 5. The number of carbonyl (C=O) groups is 1. The fourth-order valence-corrected chi connectivity index (χ4v) is 2.60. The molecule has 0 amide bonds. The lowest BCUT2D eigenvalue weighted by Gasteiger charge is -2.46. The van der Waals surface area contributed by atoms with E-state index in [4.69, 9.17) is 4.74 Å². The van der Waals surface area contributed by atoms with Crippen molar-refractivity contribution in [2.75, 3.05) is 24.6 Å². The van der Waals surface area contributed by atoms with Crippen LogP contribution in [0.15, 0.2) is 12.3 Å². The molecule has 9 nitrogen and oxygen atoms in total. The summed E-state index contributed by atoms with van der Waals surface area (Å²) in [5.41, 5.74) is -0.118. The molecule has 0 radical (unpaired) electrons. The summed E-state index contributed by atoms with van der Waals surface area (Å²) in [5, 5.41) is 20.8. The van der Waals surface area contributed by atoms with Gasteiger partial charge in [0.1, 0.15) is 17.1 Å². The number of H-pyrrole nitrogens is 1. The Labute approximate surface area is 145 Å². The van der Waals surface area contributed by atoms with Gasteiger partial charge in [-0.25, -0.2) is 14.8 Å². The fraction of sp³-hybridized carbons (Fsp3) is 0.562. The zero-order valence-corrected chi connectivity index (χ0v) is 14.8. The van der Waals surface area contributed by atoms with E-state index in [1.807, 2.05) is 31.7 Å². The van der Waals surface area contributed by atoms with Gasteiger partial charge in [0.15, 0.2) is 0 Å². The predicted octanol–water partition coefficient (Wildman–Crippen LogP) is 0.777. The van der Waals surface area contributed by atoms with Gasteiger partial charge in [0.25, 0.3) is 0 Å². The zero-order valence-electron chi connectivity index (χ0n) is 14.8. The number of hydrogen-bond donors (Lipinski definition) is 2. The molecule has 25 heavy (non-hydrogen) atoms. The van der Waals surface area contributed by atoms with Gasteiger partial charge in [-0.2, -0.15) is 15.4 Å². The molecule has 0 unspecified atom stereocenters. The molecule has 0 aromatic carbocycles. The maximum Gasteiger partial charge on any atom is 0.376 e. The van der Waals surface area contributed by atoms with Crippen molar-refractivity contribution >= 4 is 11.8 Å². The molecule has 3 heterocycles. The Morgan fingerprint density at radius 3 is 2.68 bits per heavy atom. The molecule has 0 aliphatic carbocycles. The van der Waals surface area contributed by atoms with E-state index in [0.29, 0.717) is 24.6 Å². The third kappa shape index (κ3) is 3.32. The third-order valence-electron chi connectivity index (χ3n) is 4.06. The molecule has 2 aromatic heterocycles. The molecule has 3 rings (SSSR count). The van der Waals surface area contributed by atoms with Crippen LogP contribution in [-0.4, -0.2) is 56.2 Å². The molecular formula is C16H22N6O3. The number of carbonyl (C=O) groups excluding carboxylic acids is 1. The number of aromatic amines is 1. The Bertz CT molecular complexity index is 763. The van der Waals surface area contributed by atoms with Gasteiger partial charge < -0.3 is 14.7 Å². The summed E-state index contributed by atoms with van der Waals surface area (Å²) in [5.74, 6) is 0.0550. The van der Waals surface area contributed by atoms with Gasteiger partial charge in [0, 0.05) is 11.5 Å². The number of aliphatic hydroxyl groups is 1. The molecule has 9 heteroatoms. The fourth-order valence-electron chi connectivity index (χ4n) is 2.60. The number of β-amino-alcohol motifs (C(OH)–C–C–N with tert-alkyl or cyclic N) is 1. The number of hydrogen-bond acceptors (Lipinski definition) is 8. The first-order chi connectivity index (χ1) is 11.7. The highest BCUT2D eigenvalue weighted by Gasteiger charge is 2.45. The largest absolute Gasteiger partial charge is 0.460 e. The molecule has 1 aliphatic heterocycles. The van der Waals surface area contributed by atoms with Crippen LogP contribution in [0.5, 0.6) is 0 Å². The van der Waals surface area contributed by atoms with Gasteiger partial charge in [-0.1, -0.05) is 20.8 Å². The average molecular weight is 346 g/mol. The summed E-state index contributed by atoms with van der Waals surface area (Å²) in [4.78, 5) is 22.6. The van der Waals surface area contributed by atoms with Crippen LogP contribution in [0.4, 0.5) is 5.82 Å². The lowest BCUT2D eigenvalue weighted by atomic mass is 9.89. The van der Waals surface area contributed by atoms with E-state index in [1.54, 1.807) is 6.92 Å². The van der Waals surface area contributed by atoms with Crippen molar-refractivity contribution in [3.63, 3.8) is 0 Å². The number of rotatable bonds is 4. The highest BCUT2D eigenvalue weighted by atomic mass is 16.5. The first-order valence-corrected chi connectivity index (χ1v) is 8.13. The first kappa shape index (κ1) is 17.3. The van der Waals surface area contributed by atoms with Crippen molar-refractivity contribution in [2.24, 2.45) is 0 Å². The summed E-state index contributed by atoms with van der Waals surface area (Å²) < 4.78 is 5.03. The van der Waals surface area contributed by atoms with Gasteiger partial charge in [-0.3, -0.25) is 0 Å². The molecule has 1 saturated heterocycles. The zero-order chi connectivity index (χ0) is 18.2. The van der Waals surface area contributed by atoms with E-state index in [2.05, 4.69) is 25.4 Å². The molecule has 1 aliphatic rings. The monoisotopic (exact) mass is 346 g/mol. The maximum absolute atomic E-state index is 12.1. The maximum atomic E-state index is 12.1. The molecule has 0 bridgehead atoms. The van der Waals surface area contributed by atoms with Crippen molar-refractivity contribution in [1.29, 1.82) is 0 Å². The van der Waals surface area contributed by atoms with Crippen molar-refractivity contribution in [3.8, 4) is 0 Å². The molecule has 0 saturated carbocycles. The minimum absolute atomic E-state index is 0.0288.